The molecule has 3 aromatic carbocycles. The lowest BCUT2D eigenvalue weighted by Crippen LogP contribution is -2.35. The van der Waals surface area contributed by atoms with Crippen LogP contribution in [-0.4, -0.2) is 31.4 Å². The number of para-hydroxylation sites is 1. The Morgan fingerprint density at radius 1 is 0.919 bits per heavy atom. The molecule has 0 radical (unpaired) electrons. The van der Waals surface area contributed by atoms with Crippen molar-refractivity contribution in [2.75, 3.05) is 29.5 Å². The van der Waals surface area contributed by atoms with Gasteiger partial charge in [-0.25, -0.2) is 4.99 Å². The number of ether oxygens (including phenoxy) is 1. The number of halogens is 1. The van der Waals surface area contributed by atoms with Crippen LogP contribution in [0.1, 0.15) is 18.4 Å². The van der Waals surface area contributed by atoms with Crippen LogP contribution in [0.4, 0.5) is 11.4 Å². The Morgan fingerprint density at radius 2 is 1.57 bits per heavy atom. The molecule has 3 aromatic rings. The van der Waals surface area contributed by atoms with Crippen LogP contribution in [0.25, 0.3) is 6.08 Å². The maximum absolute atomic E-state index is 13.4. The van der Waals surface area contributed by atoms with Crippen molar-refractivity contribution in [3.63, 3.8) is 0 Å². The van der Waals surface area contributed by atoms with E-state index in [4.69, 9.17) is 26.9 Å². The molecule has 1 amide bonds. The van der Waals surface area contributed by atoms with E-state index >= 15 is 0 Å². The van der Waals surface area contributed by atoms with Gasteiger partial charge in [-0.3, -0.25) is 9.69 Å². The Balaban J connectivity index is 1.58. The molecule has 1 aliphatic heterocycles. The van der Waals surface area contributed by atoms with E-state index in [0.717, 1.165) is 11.3 Å². The number of hydrogen-bond acceptors (Lipinski definition) is 6. The minimum atomic E-state index is -0.261. The summed E-state index contributed by atoms with van der Waals surface area (Å²) in [7, 11) is 0. The molecule has 0 aromatic heterocycles. The van der Waals surface area contributed by atoms with E-state index in [1.165, 1.54) is 4.90 Å². The van der Waals surface area contributed by atoms with Gasteiger partial charge in [0.2, 0.25) is 0 Å². The van der Waals surface area contributed by atoms with Crippen LogP contribution in [0.3, 0.4) is 0 Å². The second-order valence-electron chi connectivity index (χ2n) is 8.17. The fourth-order valence-electron chi connectivity index (χ4n) is 3.86. The molecule has 1 heterocycles. The van der Waals surface area contributed by atoms with Gasteiger partial charge < -0.3 is 9.64 Å². The predicted molar refractivity (Wildman–Crippen MR) is 145 cm³/mol. The molecule has 1 aliphatic rings. The molecule has 4 rings (SSSR count). The van der Waals surface area contributed by atoms with Gasteiger partial charge in [-0.1, -0.05) is 41.9 Å². The van der Waals surface area contributed by atoms with Gasteiger partial charge in [0.1, 0.15) is 18.1 Å². The molecule has 184 valence electrons. The van der Waals surface area contributed by atoms with Gasteiger partial charge in [-0.15, -0.1) is 0 Å². The first-order chi connectivity index (χ1) is 18.1. The van der Waals surface area contributed by atoms with Gasteiger partial charge in [0.15, 0.2) is 5.84 Å². The minimum Gasteiger partial charge on any atom is -0.486 e. The highest BCUT2D eigenvalue weighted by atomic mass is 35.5. The Morgan fingerprint density at radius 3 is 2.19 bits per heavy atom. The topological polar surface area (TPSA) is 92.7 Å². The Kier molecular flexibility index (Phi) is 8.54. The minimum absolute atomic E-state index is 0.113. The summed E-state index contributed by atoms with van der Waals surface area (Å²) in [5.74, 6) is 0.889. The summed E-state index contributed by atoms with van der Waals surface area (Å²) >= 11 is 6.05. The van der Waals surface area contributed by atoms with Crippen molar-refractivity contribution in [1.82, 2.24) is 0 Å². The zero-order chi connectivity index (χ0) is 26.0. The third-order valence-corrected chi connectivity index (χ3v) is 5.93. The van der Waals surface area contributed by atoms with Gasteiger partial charge in [0.25, 0.3) is 5.91 Å². The largest absolute Gasteiger partial charge is 0.486 e. The van der Waals surface area contributed by atoms with Crippen molar-refractivity contribution >= 4 is 40.8 Å². The number of rotatable bonds is 10. The highest BCUT2D eigenvalue weighted by molar-refractivity contribution is 6.31. The third kappa shape index (κ3) is 6.55. The van der Waals surface area contributed by atoms with Gasteiger partial charge in [-0.2, -0.15) is 10.5 Å². The number of benzene rings is 3. The first kappa shape index (κ1) is 25.5. The monoisotopic (exact) mass is 509 g/mol. The van der Waals surface area contributed by atoms with Crippen LogP contribution in [0.5, 0.6) is 5.75 Å². The molecule has 37 heavy (non-hydrogen) atoms. The van der Waals surface area contributed by atoms with E-state index in [0.29, 0.717) is 53.9 Å². The normalized spacial score (nSPS) is 13.7. The lowest BCUT2D eigenvalue weighted by atomic mass is 10.1. The summed E-state index contributed by atoms with van der Waals surface area (Å²) in [6, 6.07) is 28.3. The van der Waals surface area contributed by atoms with Crippen molar-refractivity contribution in [2.45, 2.75) is 12.8 Å². The Labute approximate surface area is 221 Å². The lowest BCUT2D eigenvalue weighted by Gasteiger charge is -2.22. The quantitative estimate of drug-likeness (QED) is 0.320. The second-order valence-corrected chi connectivity index (χ2v) is 8.61. The molecule has 7 nitrogen and oxygen atoms in total. The Hall–Kier alpha value is -4.59. The van der Waals surface area contributed by atoms with Crippen molar-refractivity contribution in [3.8, 4) is 17.9 Å². The molecule has 0 saturated carbocycles. The molecule has 0 spiro atoms. The zero-order valence-electron chi connectivity index (χ0n) is 20.0. The summed E-state index contributed by atoms with van der Waals surface area (Å²) in [6.07, 6.45) is 2.48. The number of carbonyl (C=O) groups is 1. The van der Waals surface area contributed by atoms with Gasteiger partial charge in [0.05, 0.1) is 30.7 Å². The molecule has 0 aliphatic carbocycles. The number of amidine groups is 1. The molecule has 0 N–H and O–H groups in total. The molecule has 8 heteroatoms. The lowest BCUT2D eigenvalue weighted by molar-refractivity contribution is -0.113. The number of anilines is 2. The van der Waals surface area contributed by atoms with Crippen molar-refractivity contribution < 1.29 is 9.53 Å². The number of carbonyl (C=O) groups excluding carboxylic acids is 1. The van der Waals surface area contributed by atoms with Crippen LogP contribution in [0.15, 0.2) is 89.6 Å². The first-order valence-electron chi connectivity index (χ1n) is 11.7. The van der Waals surface area contributed by atoms with Gasteiger partial charge >= 0.3 is 0 Å². The van der Waals surface area contributed by atoms with E-state index in [1.54, 1.807) is 30.3 Å². The number of hydrogen-bond donors (Lipinski definition) is 0. The predicted octanol–water partition coefficient (Wildman–Crippen LogP) is 5.84. The van der Waals surface area contributed by atoms with Crippen LogP contribution in [-0.2, 0) is 4.79 Å². The Bertz CT molecular complexity index is 1350. The molecular formula is C29H24ClN5O2. The number of amides is 1. The number of nitriles is 2. The van der Waals surface area contributed by atoms with E-state index < -0.39 is 0 Å². The number of nitrogens with zero attached hydrogens (tertiary/aromatic N) is 5. The van der Waals surface area contributed by atoms with E-state index in [-0.39, 0.29) is 12.5 Å². The summed E-state index contributed by atoms with van der Waals surface area (Å²) in [5.41, 5.74) is 2.65. The molecule has 0 saturated heterocycles. The average molecular weight is 510 g/mol. The van der Waals surface area contributed by atoms with Crippen LogP contribution in [0.2, 0.25) is 5.02 Å². The smallest absolute Gasteiger partial charge is 0.282 e. The van der Waals surface area contributed by atoms with Crippen LogP contribution in [0, 0.1) is 22.7 Å². The summed E-state index contributed by atoms with van der Waals surface area (Å²) < 4.78 is 5.89. The van der Waals surface area contributed by atoms with Gasteiger partial charge in [-0.05, 0) is 60.2 Å². The first-order valence-corrected chi connectivity index (χ1v) is 12.1. The fraction of sp³-hybridized carbons (Fsp3) is 0.172. The van der Waals surface area contributed by atoms with Crippen molar-refractivity contribution in [3.05, 3.63) is 95.1 Å². The SMILES string of the molecule is N#CCCN(CCC#N)c1ccc(/C=C2\N=C(COc3ccccc3)N(c3ccc(Cl)cc3)C2=O)cc1. The van der Waals surface area contributed by atoms with Crippen LogP contribution < -0.4 is 14.5 Å². The molecule has 0 unspecified atom stereocenters. The van der Waals surface area contributed by atoms with Gasteiger partial charge in [0, 0.05) is 23.8 Å². The molecule has 0 bridgehead atoms. The summed E-state index contributed by atoms with van der Waals surface area (Å²) in [6.45, 7) is 1.20. The molecular weight excluding hydrogens is 486 g/mol. The number of aliphatic imine (C=N–C) groups is 1. The average Bonchev–Trinajstić information content (AvgIpc) is 3.23. The summed E-state index contributed by atoms with van der Waals surface area (Å²) in [4.78, 5) is 21.6. The molecule has 0 fully saturated rings. The molecule has 0 atom stereocenters. The second kappa shape index (κ2) is 12.4. The van der Waals surface area contributed by atoms with E-state index in [1.807, 2.05) is 59.5 Å². The third-order valence-electron chi connectivity index (χ3n) is 5.67. The maximum atomic E-state index is 13.4. The standard InChI is InChI=1S/C29H24ClN5O2/c30-23-10-14-25(15-11-23)35-28(21-37-26-6-2-1-3-7-26)33-27(29(35)36)20-22-8-12-24(13-9-22)34(18-4-16-31)19-5-17-32/h1-3,6-15,20H,4-5,18-19,21H2/b27-20-. The highest BCUT2D eigenvalue weighted by Crippen LogP contribution is 2.27. The van der Waals surface area contributed by atoms with E-state index in [9.17, 15) is 4.79 Å². The fourth-order valence-corrected chi connectivity index (χ4v) is 3.99. The zero-order valence-corrected chi connectivity index (χ0v) is 20.8. The van der Waals surface area contributed by atoms with E-state index in [2.05, 4.69) is 17.1 Å². The van der Waals surface area contributed by atoms with Crippen molar-refractivity contribution in [1.29, 1.82) is 10.5 Å². The highest BCUT2D eigenvalue weighted by Gasteiger charge is 2.32. The van der Waals surface area contributed by atoms with Crippen LogP contribution >= 0.6 is 11.6 Å². The maximum Gasteiger partial charge on any atom is 0.282 e. The van der Waals surface area contributed by atoms with Crippen molar-refractivity contribution in [2.24, 2.45) is 4.99 Å². The summed E-state index contributed by atoms with van der Waals surface area (Å²) in [5, 5.41) is 18.5.